The summed E-state index contributed by atoms with van der Waals surface area (Å²) in [5.74, 6) is -6.04. The summed E-state index contributed by atoms with van der Waals surface area (Å²) in [7, 11) is 1.44. The number of ether oxygens (including phenoxy) is 3. The molecule has 4 amide bonds. The van der Waals surface area contributed by atoms with Gasteiger partial charge in [0.15, 0.2) is 11.9 Å². The molecular weight excluding hydrogens is 786 g/mol. The minimum Gasteiger partial charge on any atom is -0.479 e. The Labute approximate surface area is 349 Å². The molecule has 2 aliphatic rings. The highest BCUT2D eigenvalue weighted by molar-refractivity contribution is 6.14. The van der Waals surface area contributed by atoms with E-state index in [1.54, 1.807) is 52.8 Å². The zero-order valence-electron chi connectivity index (χ0n) is 35.3. The quantitative estimate of drug-likeness (QED) is 0.0776. The predicted molar refractivity (Wildman–Crippen MR) is 212 cm³/mol. The van der Waals surface area contributed by atoms with Gasteiger partial charge in [-0.25, -0.2) is 4.79 Å². The number of rotatable bonds is 22. The van der Waals surface area contributed by atoms with Gasteiger partial charge in [-0.2, -0.15) is 0 Å². The van der Waals surface area contributed by atoms with Crippen molar-refractivity contribution in [2.24, 2.45) is 17.3 Å². The summed E-state index contributed by atoms with van der Waals surface area (Å²) in [6, 6.07) is 4.05. The van der Waals surface area contributed by atoms with E-state index in [9.17, 15) is 58.8 Å². The van der Waals surface area contributed by atoms with Crippen LogP contribution < -0.4 is 5.32 Å². The number of hydrogen-bond donors (Lipinski definition) is 5. The van der Waals surface area contributed by atoms with Crippen LogP contribution in [0.1, 0.15) is 77.5 Å². The normalized spacial score (nSPS) is 21.4. The predicted octanol–water partition coefficient (Wildman–Crippen LogP) is 0.281. The van der Waals surface area contributed by atoms with Gasteiger partial charge in [0.05, 0.1) is 24.2 Å². The number of aryl methyl sites for hydroxylation is 1. The molecule has 0 aliphatic carbocycles. The van der Waals surface area contributed by atoms with Crippen molar-refractivity contribution in [3.05, 3.63) is 47.0 Å². The van der Waals surface area contributed by atoms with Crippen molar-refractivity contribution in [2.45, 2.75) is 117 Å². The molecule has 3 rings (SSSR count). The standard InChI is InChI=1S/C42H59N3O15/c1-23(2)29(20-28(46)14-15-44(16-17-58-7)34(50)21-45-32(48)12-13-33(45)49)39(54)43-24(3)30(47)19-25-8-9-27(22-59-41(57)42(4,5)6)26(18-25)10-11-31-35(51)36(52)37(53)38(60-31)40(55)56/h8-9,12-13,18,23-24,29,31,35-38,51-53H,10-11,14-17,19-22H2,1-7H3,(H,43,54)(H,55,56)/t24-,29-,31-,35-,36+,37-,38-/m0/s1. The summed E-state index contributed by atoms with van der Waals surface area (Å²) in [6.45, 7) is 9.73. The fourth-order valence-electron chi connectivity index (χ4n) is 6.59. The van der Waals surface area contributed by atoms with Crippen LogP contribution in [0.15, 0.2) is 30.4 Å². The van der Waals surface area contributed by atoms with E-state index in [2.05, 4.69) is 5.32 Å². The molecule has 7 atom stereocenters. The van der Waals surface area contributed by atoms with Crippen LogP contribution >= 0.6 is 0 Å². The summed E-state index contributed by atoms with van der Waals surface area (Å²) in [4.78, 5) is 103. The number of Topliss-reactive ketones (excluding diaryl/α,β-unsaturated/α-hetero) is 2. The van der Waals surface area contributed by atoms with E-state index in [0.29, 0.717) is 16.7 Å². The van der Waals surface area contributed by atoms with Crippen molar-refractivity contribution in [1.29, 1.82) is 0 Å². The molecule has 332 valence electrons. The average molecular weight is 846 g/mol. The maximum absolute atomic E-state index is 13.5. The van der Waals surface area contributed by atoms with E-state index in [1.807, 2.05) is 0 Å². The van der Waals surface area contributed by atoms with E-state index >= 15 is 0 Å². The molecule has 2 aliphatic heterocycles. The molecule has 0 saturated carbocycles. The highest BCUT2D eigenvalue weighted by Crippen LogP contribution is 2.27. The van der Waals surface area contributed by atoms with Crippen molar-refractivity contribution in [1.82, 2.24) is 15.1 Å². The van der Waals surface area contributed by atoms with E-state index < -0.39 is 90.0 Å². The second-order valence-electron chi connectivity index (χ2n) is 16.6. The van der Waals surface area contributed by atoms with Gasteiger partial charge in [0, 0.05) is 57.5 Å². The molecule has 1 fully saturated rings. The maximum Gasteiger partial charge on any atom is 0.335 e. The molecule has 2 heterocycles. The Morgan fingerprint density at radius 1 is 0.933 bits per heavy atom. The molecule has 0 spiro atoms. The number of carbonyl (C=O) groups is 8. The number of carboxylic acids is 1. The van der Waals surface area contributed by atoms with Crippen LogP contribution in [0.5, 0.6) is 0 Å². The minimum atomic E-state index is -1.85. The van der Waals surface area contributed by atoms with E-state index in [-0.39, 0.29) is 75.9 Å². The highest BCUT2D eigenvalue weighted by Gasteiger charge is 2.46. The van der Waals surface area contributed by atoms with Crippen LogP contribution in [0.2, 0.25) is 0 Å². The minimum absolute atomic E-state index is 0.00601. The second-order valence-corrected chi connectivity index (χ2v) is 16.6. The van der Waals surface area contributed by atoms with E-state index in [1.165, 1.54) is 18.9 Å². The van der Waals surface area contributed by atoms with Crippen LogP contribution in [0.4, 0.5) is 0 Å². The third kappa shape index (κ3) is 13.8. The summed E-state index contributed by atoms with van der Waals surface area (Å²) in [5.41, 5.74) is 0.888. The van der Waals surface area contributed by atoms with Gasteiger partial charge in [-0.05, 0) is 63.1 Å². The third-order valence-corrected chi connectivity index (χ3v) is 10.5. The molecule has 0 bridgehead atoms. The third-order valence-electron chi connectivity index (χ3n) is 10.5. The van der Waals surface area contributed by atoms with E-state index in [0.717, 1.165) is 17.1 Å². The SMILES string of the molecule is COCCN(CCC(=O)C[C@H](C(=O)N[C@@H](C)C(=O)Cc1ccc(COC(=O)C(C)(C)C)c(CC[C@@H]2O[C@H](C(=O)O)[C@@H](O)[C@H](O)[C@H]2O)c1)C(C)C)C(=O)CN1C(=O)C=CC1=O. The van der Waals surface area contributed by atoms with Crippen molar-refractivity contribution < 1.29 is 73.0 Å². The van der Waals surface area contributed by atoms with Crippen LogP contribution in [0.3, 0.4) is 0 Å². The molecular formula is C42H59N3O15. The molecule has 18 nitrogen and oxygen atoms in total. The Morgan fingerprint density at radius 3 is 2.17 bits per heavy atom. The Bertz CT molecular complexity index is 1770. The van der Waals surface area contributed by atoms with Gasteiger partial charge < -0.3 is 44.9 Å². The van der Waals surface area contributed by atoms with Gasteiger partial charge in [0.25, 0.3) is 11.8 Å². The average Bonchev–Trinajstić information content (AvgIpc) is 3.49. The van der Waals surface area contributed by atoms with Crippen molar-refractivity contribution in [3.8, 4) is 0 Å². The number of carboxylic acid groups (broad SMARTS) is 1. The van der Waals surface area contributed by atoms with Gasteiger partial charge in [0.1, 0.15) is 37.2 Å². The topological polar surface area (TPSA) is 264 Å². The lowest BCUT2D eigenvalue weighted by Gasteiger charge is -2.39. The molecule has 60 heavy (non-hydrogen) atoms. The summed E-state index contributed by atoms with van der Waals surface area (Å²) in [5, 5.41) is 43.1. The van der Waals surface area contributed by atoms with Crippen LogP contribution in [-0.2, 0) is 72.0 Å². The Hall–Kier alpha value is -4.88. The number of aliphatic hydroxyl groups is 3. The smallest absolute Gasteiger partial charge is 0.335 e. The van der Waals surface area contributed by atoms with Crippen molar-refractivity contribution >= 4 is 47.1 Å². The number of hydrogen-bond acceptors (Lipinski definition) is 14. The van der Waals surface area contributed by atoms with Gasteiger partial charge in [-0.1, -0.05) is 32.0 Å². The van der Waals surface area contributed by atoms with Crippen LogP contribution in [0.25, 0.3) is 0 Å². The molecule has 0 unspecified atom stereocenters. The molecule has 0 radical (unpaired) electrons. The fourth-order valence-corrected chi connectivity index (χ4v) is 6.59. The fraction of sp³-hybridized carbons (Fsp3) is 0.619. The first-order valence-corrected chi connectivity index (χ1v) is 19.9. The van der Waals surface area contributed by atoms with Gasteiger partial charge in [-0.15, -0.1) is 0 Å². The molecule has 1 saturated heterocycles. The first kappa shape index (κ1) is 49.5. The number of imide groups is 1. The second kappa shape index (κ2) is 22.1. The molecule has 18 heteroatoms. The maximum atomic E-state index is 13.5. The lowest BCUT2D eigenvalue weighted by molar-refractivity contribution is -0.228. The van der Waals surface area contributed by atoms with Crippen molar-refractivity contribution in [3.63, 3.8) is 0 Å². The Morgan fingerprint density at radius 2 is 1.58 bits per heavy atom. The first-order chi connectivity index (χ1) is 28.0. The largest absolute Gasteiger partial charge is 0.479 e. The number of carbonyl (C=O) groups excluding carboxylic acids is 7. The number of methoxy groups -OCH3 is 1. The first-order valence-electron chi connectivity index (χ1n) is 19.9. The lowest BCUT2D eigenvalue weighted by Crippen LogP contribution is -2.59. The zero-order chi connectivity index (χ0) is 45.1. The summed E-state index contributed by atoms with van der Waals surface area (Å²) in [6.07, 6.45) is -6.31. The number of ketones is 2. The van der Waals surface area contributed by atoms with Gasteiger partial charge in [-0.3, -0.25) is 38.5 Å². The number of nitrogens with zero attached hydrogens (tertiary/aromatic N) is 2. The number of benzene rings is 1. The molecule has 1 aromatic carbocycles. The van der Waals surface area contributed by atoms with Crippen LogP contribution in [-0.4, -0.2) is 147 Å². The Balaban J connectivity index is 1.67. The number of aliphatic hydroxyl groups excluding tert-OH is 3. The van der Waals surface area contributed by atoms with Gasteiger partial charge in [0.2, 0.25) is 11.8 Å². The monoisotopic (exact) mass is 845 g/mol. The molecule has 1 aromatic rings. The number of amides is 4. The number of esters is 1. The molecule has 5 N–H and O–H groups in total. The van der Waals surface area contributed by atoms with Gasteiger partial charge >= 0.3 is 11.9 Å². The van der Waals surface area contributed by atoms with Crippen LogP contribution in [0, 0.1) is 17.3 Å². The summed E-state index contributed by atoms with van der Waals surface area (Å²) < 4.78 is 16.0. The summed E-state index contributed by atoms with van der Waals surface area (Å²) >= 11 is 0. The molecule has 0 aromatic heterocycles. The lowest BCUT2D eigenvalue weighted by atomic mass is 9.88. The van der Waals surface area contributed by atoms with Crippen molar-refractivity contribution in [2.75, 3.05) is 33.4 Å². The van der Waals surface area contributed by atoms with E-state index in [4.69, 9.17) is 14.2 Å². The number of nitrogens with one attached hydrogen (secondary N) is 1. The number of aliphatic carboxylic acids is 1. The Kier molecular flexibility index (Phi) is 18.2. The highest BCUT2D eigenvalue weighted by atomic mass is 16.6. The zero-order valence-corrected chi connectivity index (χ0v) is 35.3.